The average Bonchev–Trinajstić information content (AvgIpc) is 3.11. The Kier molecular flexibility index (Phi) is 5.15. The van der Waals surface area contributed by atoms with Crippen LogP contribution in [0.5, 0.6) is 0 Å². The van der Waals surface area contributed by atoms with Crippen molar-refractivity contribution >= 4 is 29.2 Å². The Bertz CT molecular complexity index is 1060. The molecule has 3 aromatic rings. The van der Waals surface area contributed by atoms with Crippen LogP contribution in [-0.2, 0) is 6.18 Å². The summed E-state index contributed by atoms with van der Waals surface area (Å²) in [6.45, 7) is 0. The minimum absolute atomic E-state index is 0.0190. The fourth-order valence-corrected chi connectivity index (χ4v) is 2.67. The molecule has 3 rings (SSSR count). The molecular formula is C19H11ClF3NO4. The standard InChI is InChI=1S/C19H11ClF3NO4/c20-13-6-5-10(19(21,22)23)9-12(13)15-7-8-16(28-15)17(25)24-14-4-2-1-3-11(14)18(26)27/h1-9H,(H,24,25)(H,26,27). The van der Waals surface area contributed by atoms with Crippen molar-refractivity contribution in [2.24, 2.45) is 0 Å². The number of carboxylic acid groups (broad SMARTS) is 1. The van der Waals surface area contributed by atoms with Gasteiger partial charge in [0.15, 0.2) is 5.76 Å². The maximum Gasteiger partial charge on any atom is 0.416 e. The minimum atomic E-state index is -4.56. The molecule has 1 heterocycles. The number of carboxylic acids is 1. The number of aromatic carboxylic acids is 1. The number of hydrogen-bond acceptors (Lipinski definition) is 3. The Labute approximate surface area is 161 Å². The maximum atomic E-state index is 12.9. The summed E-state index contributed by atoms with van der Waals surface area (Å²) in [7, 11) is 0. The van der Waals surface area contributed by atoms with E-state index in [1.165, 1.54) is 36.4 Å². The Balaban J connectivity index is 1.89. The number of nitrogens with one attached hydrogen (secondary N) is 1. The van der Waals surface area contributed by atoms with Crippen LogP contribution < -0.4 is 5.32 Å². The predicted octanol–water partition coefficient (Wildman–Crippen LogP) is 5.57. The van der Waals surface area contributed by atoms with E-state index in [2.05, 4.69) is 5.32 Å². The highest BCUT2D eigenvalue weighted by Crippen LogP contribution is 2.36. The van der Waals surface area contributed by atoms with Crippen molar-refractivity contribution < 1.29 is 32.3 Å². The third-order valence-electron chi connectivity index (χ3n) is 3.79. The van der Waals surface area contributed by atoms with Crippen LogP contribution in [0.15, 0.2) is 59.0 Å². The monoisotopic (exact) mass is 409 g/mol. The molecule has 0 aliphatic rings. The molecule has 28 heavy (non-hydrogen) atoms. The van der Waals surface area contributed by atoms with Gasteiger partial charge in [-0.2, -0.15) is 13.2 Å². The van der Waals surface area contributed by atoms with Crippen molar-refractivity contribution in [1.82, 2.24) is 0 Å². The summed E-state index contributed by atoms with van der Waals surface area (Å²) in [4.78, 5) is 23.5. The highest BCUT2D eigenvalue weighted by Gasteiger charge is 2.31. The van der Waals surface area contributed by atoms with Gasteiger partial charge in [-0.05, 0) is 42.5 Å². The second kappa shape index (κ2) is 7.40. The number of furan rings is 1. The van der Waals surface area contributed by atoms with Crippen molar-refractivity contribution in [3.63, 3.8) is 0 Å². The number of rotatable bonds is 4. The van der Waals surface area contributed by atoms with Crippen LogP contribution in [0.1, 0.15) is 26.5 Å². The number of hydrogen-bond donors (Lipinski definition) is 2. The van der Waals surface area contributed by atoms with Crippen LogP contribution in [0, 0.1) is 0 Å². The lowest BCUT2D eigenvalue weighted by Crippen LogP contribution is -2.14. The molecule has 0 unspecified atom stereocenters. The van der Waals surface area contributed by atoms with Crippen molar-refractivity contribution in [3.8, 4) is 11.3 Å². The van der Waals surface area contributed by atoms with Gasteiger partial charge in [0.2, 0.25) is 0 Å². The molecule has 0 saturated carbocycles. The SMILES string of the molecule is O=C(Nc1ccccc1C(=O)O)c1ccc(-c2cc(C(F)(F)F)ccc2Cl)o1. The fourth-order valence-electron chi connectivity index (χ4n) is 2.46. The molecule has 0 bridgehead atoms. The van der Waals surface area contributed by atoms with Crippen molar-refractivity contribution in [1.29, 1.82) is 0 Å². The number of para-hydroxylation sites is 1. The summed E-state index contributed by atoms with van der Waals surface area (Å²) < 4.78 is 44.1. The van der Waals surface area contributed by atoms with Gasteiger partial charge in [0, 0.05) is 5.56 Å². The molecule has 0 fully saturated rings. The molecule has 9 heteroatoms. The van der Waals surface area contributed by atoms with Crippen molar-refractivity contribution in [3.05, 3.63) is 76.5 Å². The topological polar surface area (TPSA) is 79.5 Å². The maximum absolute atomic E-state index is 12.9. The van der Waals surface area contributed by atoms with E-state index in [1.807, 2.05) is 0 Å². The van der Waals surface area contributed by atoms with Gasteiger partial charge >= 0.3 is 12.1 Å². The molecule has 5 nitrogen and oxygen atoms in total. The van der Waals surface area contributed by atoms with Crippen molar-refractivity contribution in [2.45, 2.75) is 6.18 Å². The third kappa shape index (κ3) is 4.01. The molecule has 0 radical (unpaired) electrons. The molecular weight excluding hydrogens is 399 g/mol. The summed E-state index contributed by atoms with van der Waals surface area (Å²) >= 11 is 5.96. The van der Waals surface area contributed by atoms with E-state index in [-0.39, 0.29) is 33.4 Å². The van der Waals surface area contributed by atoms with Crippen LogP contribution in [0.3, 0.4) is 0 Å². The lowest BCUT2D eigenvalue weighted by atomic mass is 10.1. The average molecular weight is 410 g/mol. The highest BCUT2D eigenvalue weighted by atomic mass is 35.5. The van der Waals surface area contributed by atoms with Gasteiger partial charge < -0.3 is 14.8 Å². The molecule has 1 amide bonds. The van der Waals surface area contributed by atoms with E-state index in [0.717, 1.165) is 18.2 Å². The number of anilines is 1. The number of alkyl halides is 3. The van der Waals surface area contributed by atoms with Gasteiger partial charge in [-0.15, -0.1) is 0 Å². The van der Waals surface area contributed by atoms with Gasteiger partial charge in [0.1, 0.15) is 5.76 Å². The second-order valence-corrected chi connectivity index (χ2v) is 6.07. The first-order valence-electron chi connectivity index (χ1n) is 7.77. The summed E-state index contributed by atoms with van der Waals surface area (Å²) in [6, 6.07) is 11.1. The molecule has 1 aromatic heterocycles. The largest absolute Gasteiger partial charge is 0.478 e. The minimum Gasteiger partial charge on any atom is -0.478 e. The van der Waals surface area contributed by atoms with E-state index in [9.17, 15) is 22.8 Å². The summed E-state index contributed by atoms with van der Waals surface area (Å²) in [5.41, 5.74) is -1.01. The molecule has 0 atom stereocenters. The summed E-state index contributed by atoms with van der Waals surface area (Å²) in [5, 5.41) is 11.6. The normalized spacial score (nSPS) is 11.3. The van der Waals surface area contributed by atoms with Gasteiger partial charge in [0.25, 0.3) is 5.91 Å². The Morgan fingerprint density at radius 2 is 1.75 bits per heavy atom. The zero-order valence-corrected chi connectivity index (χ0v) is 14.6. The van der Waals surface area contributed by atoms with E-state index in [0.29, 0.717) is 0 Å². The van der Waals surface area contributed by atoms with Crippen LogP contribution in [0.2, 0.25) is 5.02 Å². The number of amides is 1. The van der Waals surface area contributed by atoms with Crippen molar-refractivity contribution in [2.75, 3.05) is 5.32 Å². The summed E-state index contributed by atoms with van der Waals surface area (Å²) in [6.07, 6.45) is -4.56. The zero-order chi connectivity index (χ0) is 20.5. The van der Waals surface area contributed by atoms with Gasteiger partial charge in [-0.3, -0.25) is 4.79 Å². The van der Waals surface area contributed by atoms with Crippen LogP contribution in [-0.4, -0.2) is 17.0 Å². The predicted molar refractivity (Wildman–Crippen MR) is 95.5 cm³/mol. The highest BCUT2D eigenvalue weighted by molar-refractivity contribution is 6.33. The third-order valence-corrected chi connectivity index (χ3v) is 4.12. The first-order chi connectivity index (χ1) is 13.2. The van der Waals surface area contributed by atoms with E-state index in [4.69, 9.17) is 21.1 Å². The van der Waals surface area contributed by atoms with Crippen LogP contribution in [0.25, 0.3) is 11.3 Å². The lowest BCUT2D eigenvalue weighted by molar-refractivity contribution is -0.137. The second-order valence-electron chi connectivity index (χ2n) is 5.66. The van der Waals surface area contributed by atoms with Crippen LogP contribution in [0.4, 0.5) is 18.9 Å². The lowest BCUT2D eigenvalue weighted by Gasteiger charge is -2.09. The van der Waals surface area contributed by atoms with E-state index in [1.54, 1.807) is 0 Å². The number of halogens is 4. The fraction of sp³-hybridized carbons (Fsp3) is 0.0526. The Hall–Kier alpha value is -3.26. The van der Waals surface area contributed by atoms with Gasteiger partial charge in [-0.1, -0.05) is 23.7 Å². The smallest absolute Gasteiger partial charge is 0.416 e. The number of benzene rings is 2. The molecule has 0 saturated heterocycles. The van der Waals surface area contributed by atoms with E-state index < -0.39 is 23.6 Å². The number of carbonyl (C=O) groups is 2. The molecule has 0 spiro atoms. The van der Waals surface area contributed by atoms with Crippen LogP contribution >= 0.6 is 11.6 Å². The molecule has 2 N–H and O–H groups in total. The Morgan fingerprint density at radius 3 is 2.43 bits per heavy atom. The van der Waals surface area contributed by atoms with Gasteiger partial charge in [0.05, 0.1) is 21.8 Å². The molecule has 0 aliphatic heterocycles. The Morgan fingerprint density at radius 1 is 1.04 bits per heavy atom. The number of carbonyl (C=O) groups excluding carboxylic acids is 1. The summed E-state index contributed by atoms with van der Waals surface area (Å²) in [5.74, 6) is -2.24. The zero-order valence-electron chi connectivity index (χ0n) is 13.9. The molecule has 2 aromatic carbocycles. The quantitative estimate of drug-likeness (QED) is 0.590. The van der Waals surface area contributed by atoms with E-state index >= 15 is 0 Å². The first-order valence-corrected chi connectivity index (χ1v) is 8.15. The molecule has 144 valence electrons. The van der Waals surface area contributed by atoms with Gasteiger partial charge in [-0.25, -0.2) is 4.79 Å². The first kappa shape index (κ1) is 19.5. The molecule has 0 aliphatic carbocycles.